The van der Waals surface area contributed by atoms with E-state index in [2.05, 4.69) is 5.32 Å². The fourth-order valence-electron chi connectivity index (χ4n) is 3.13. The number of nitrogens with zero attached hydrogens (tertiary/aromatic N) is 2. The maximum Gasteiger partial charge on any atom is 0.264 e. The van der Waals surface area contributed by atoms with E-state index in [4.69, 9.17) is 11.6 Å². The van der Waals surface area contributed by atoms with Crippen molar-refractivity contribution in [1.29, 1.82) is 0 Å². The van der Waals surface area contributed by atoms with E-state index in [-0.39, 0.29) is 27.2 Å². The zero-order valence-electron chi connectivity index (χ0n) is 17.7. The van der Waals surface area contributed by atoms with Gasteiger partial charge in [-0.15, -0.1) is 0 Å². The lowest BCUT2D eigenvalue weighted by Crippen LogP contribution is -2.34. The van der Waals surface area contributed by atoms with Crippen molar-refractivity contribution in [3.63, 3.8) is 0 Å². The van der Waals surface area contributed by atoms with E-state index >= 15 is 0 Å². The zero-order chi connectivity index (χ0) is 23.5. The van der Waals surface area contributed by atoms with Gasteiger partial charge < -0.3 is 10.2 Å². The highest BCUT2D eigenvalue weighted by atomic mass is 35.5. The van der Waals surface area contributed by atoms with Gasteiger partial charge in [0.15, 0.2) is 0 Å². The number of thiophene rings is 1. The smallest absolute Gasteiger partial charge is 0.264 e. The summed E-state index contributed by atoms with van der Waals surface area (Å²) < 4.78 is 40.4. The standard InChI is InChI=1S/C22H23ClFN3O3S2/c1-26(2)21(15-10-11-31-14-15)13-25-22(28)19-12-18(8-9-20(19)23)32(29,30)27(3)17-6-4-16(24)5-7-17/h4-12,14,21H,13H2,1-3H3,(H,25,28). The molecule has 3 rings (SSSR count). The van der Waals surface area contributed by atoms with Gasteiger partial charge in [-0.25, -0.2) is 12.8 Å². The van der Waals surface area contributed by atoms with E-state index in [1.807, 2.05) is 35.8 Å². The number of anilines is 1. The van der Waals surface area contributed by atoms with Crippen LogP contribution in [0.2, 0.25) is 5.02 Å². The molecule has 1 atom stereocenters. The number of halogens is 2. The minimum atomic E-state index is -3.99. The number of hydrogen-bond acceptors (Lipinski definition) is 5. The molecule has 0 fully saturated rings. The Labute approximate surface area is 196 Å². The first-order chi connectivity index (χ1) is 15.1. The van der Waals surface area contributed by atoms with Crippen molar-refractivity contribution >= 4 is 44.6 Å². The van der Waals surface area contributed by atoms with Crippen LogP contribution in [0.1, 0.15) is 22.0 Å². The van der Waals surface area contributed by atoms with Crippen LogP contribution >= 0.6 is 22.9 Å². The number of amides is 1. The summed E-state index contributed by atoms with van der Waals surface area (Å²) in [6, 6.07) is 11.0. The van der Waals surface area contributed by atoms with Gasteiger partial charge in [-0.3, -0.25) is 9.10 Å². The molecule has 1 aromatic heterocycles. The molecule has 170 valence electrons. The summed E-state index contributed by atoms with van der Waals surface area (Å²) in [4.78, 5) is 14.7. The number of benzene rings is 2. The van der Waals surface area contributed by atoms with Gasteiger partial charge >= 0.3 is 0 Å². The molecule has 0 saturated carbocycles. The summed E-state index contributed by atoms with van der Waals surface area (Å²) in [6.45, 7) is 0.325. The molecule has 0 spiro atoms. The van der Waals surface area contributed by atoms with Crippen molar-refractivity contribution in [1.82, 2.24) is 10.2 Å². The Kier molecular flexibility index (Phi) is 7.55. The molecule has 0 aliphatic rings. The third-order valence-corrected chi connectivity index (χ3v) is 7.85. The van der Waals surface area contributed by atoms with Crippen molar-refractivity contribution in [2.75, 3.05) is 32.0 Å². The molecule has 0 aliphatic heterocycles. The molecule has 1 heterocycles. The molecule has 0 saturated heterocycles. The normalized spacial score (nSPS) is 12.6. The molecule has 1 N–H and O–H groups in total. The average Bonchev–Trinajstić information content (AvgIpc) is 3.28. The quantitative estimate of drug-likeness (QED) is 0.503. The summed E-state index contributed by atoms with van der Waals surface area (Å²) in [5.74, 6) is -0.943. The summed E-state index contributed by atoms with van der Waals surface area (Å²) in [5, 5.41) is 6.97. The number of hydrogen-bond donors (Lipinski definition) is 1. The number of sulfonamides is 1. The summed E-state index contributed by atoms with van der Waals surface area (Å²) >= 11 is 7.78. The highest BCUT2D eigenvalue weighted by molar-refractivity contribution is 7.92. The molecule has 0 radical (unpaired) electrons. The predicted octanol–water partition coefficient (Wildman–Crippen LogP) is 4.40. The first kappa shape index (κ1) is 24.2. The van der Waals surface area contributed by atoms with Crippen LogP contribution in [0, 0.1) is 5.82 Å². The topological polar surface area (TPSA) is 69.7 Å². The van der Waals surface area contributed by atoms with E-state index in [1.165, 1.54) is 49.5 Å². The molecule has 2 aromatic carbocycles. The molecule has 0 aliphatic carbocycles. The molecule has 0 bridgehead atoms. The Hall–Kier alpha value is -2.46. The summed E-state index contributed by atoms with van der Waals surface area (Å²) in [7, 11) is 1.20. The molecular formula is C22H23ClFN3O3S2. The number of nitrogens with one attached hydrogen (secondary N) is 1. The number of carbonyl (C=O) groups excluding carboxylic acids is 1. The van der Waals surface area contributed by atoms with Crippen molar-refractivity contribution in [2.45, 2.75) is 10.9 Å². The molecule has 10 heteroatoms. The summed E-state index contributed by atoms with van der Waals surface area (Å²) in [5.41, 5.74) is 1.42. The molecule has 1 amide bonds. The van der Waals surface area contributed by atoms with Crippen molar-refractivity contribution in [2.24, 2.45) is 0 Å². The molecule has 3 aromatic rings. The number of rotatable bonds is 8. The van der Waals surface area contributed by atoms with E-state index < -0.39 is 21.7 Å². The Morgan fingerprint density at radius 3 is 2.41 bits per heavy atom. The SMILES string of the molecule is CN(C)C(CNC(=O)c1cc(S(=O)(=O)N(C)c2ccc(F)cc2)ccc1Cl)c1ccsc1. The van der Waals surface area contributed by atoms with Gasteiger partial charge in [0.1, 0.15) is 5.82 Å². The van der Waals surface area contributed by atoms with Gasteiger partial charge in [-0.2, -0.15) is 11.3 Å². The largest absolute Gasteiger partial charge is 0.350 e. The lowest BCUT2D eigenvalue weighted by atomic mass is 10.1. The Bertz CT molecular complexity index is 1180. The van der Waals surface area contributed by atoms with E-state index in [1.54, 1.807) is 11.3 Å². The predicted molar refractivity (Wildman–Crippen MR) is 127 cm³/mol. The minimum absolute atomic E-state index is 0.0412. The van der Waals surface area contributed by atoms with Gasteiger partial charge in [0.2, 0.25) is 0 Å². The maximum atomic E-state index is 13.2. The van der Waals surface area contributed by atoms with Crippen LogP contribution in [0.4, 0.5) is 10.1 Å². The van der Waals surface area contributed by atoms with Gasteiger partial charge in [0.25, 0.3) is 15.9 Å². The highest BCUT2D eigenvalue weighted by Gasteiger charge is 2.24. The first-order valence-electron chi connectivity index (χ1n) is 9.62. The monoisotopic (exact) mass is 495 g/mol. The fraction of sp³-hybridized carbons (Fsp3) is 0.227. The Balaban J connectivity index is 1.83. The van der Waals surface area contributed by atoms with E-state index in [9.17, 15) is 17.6 Å². The minimum Gasteiger partial charge on any atom is -0.350 e. The van der Waals surface area contributed by atoms with Gasteiger partial charge in [-0.1, -0.05) is 11.6 Å². The van der Waals surface area contributed by atoms with Crippen molar-refractivity contribution in [3.05, 3.63) is 81.3 Å². The van der Waals surface area contributed by atoms with E-state index in [0.29, 0.717) is 6.54 Å². The van der Waals surface area contributed by atoms with Crippen LogP contribution in [-0.2, 0) is 10.0 Å². The third kappa shape index (κ3) is 5.29. The van der Waals surface area contributed by atoms with Crippen LogP contribution in [0.5, 0.6) is 0 Å². The molecule has 6 nitrogen and oxygen atoms in total. The number of carbonyl (C=O) groups is 1. The van der Waals surface area contributed by atoms with Crippen molar-refractivity contribution < 1.29 is 17.6 Å². The lowest BCUT2D eigenvalue weighted by molar-refractivity contribution is 0.0942. The van der Waals surface area contributed by atoms with Gasteiger partial charge in [-0.05, 0) is 78.9 Å². The first-order valence-corrected chi connectivity index (χ1v) is 12.4. The van der Waals surface area contributed by atoms with Crippen LogP contribution in [-0.4, -0.2) is 46.9 Å². The highest BCUT2D eigenvalue weighted by Crippen LogP contribution is 2.26. The summed E-state index contributed by atoms with van der Waals surface area (Å²) in [6.07, 6.45) is 0. The molecule has 32 heavy (non-hydrogen) atoms. The van der Waals surface area contributed by atoms with Crippen LogP contribution in [0.25, 0.3) is 0 Å². The van der Waals surface area contributed by atoms with Crippen LogP contribution in [0.3, 0.4) is 0 Å². The van der Waals surface area contributed by atoms with Crippen LogP contribution in [0.15, 0.2) is 64.2 Å². The maximum absolute atomic E-state index is 13.2. The fourth-order valence-corrected chi connectivity index (χ4v) is 5.27. The second-order valence-electron chi connectivity index (χ2n) is 7.34. The lowest BCUT2D eigenvalue weighted by Gasteiger charge is -2.24. The van der Waals surface area contributed by atoms with Gasteiger partial charge in [0, 0.05) is 13.6 Å². The Morgan fingerprint density at radius 1 is 1.12 bits per heavy atom. The van der Waals surface area contributed by atoms with Crippen molar-refractivity contribution in [3.8, 4) is 0 Å². The second kappa shape index (κ2) is 9.99. The molecular weight excluding hydrogens is 473 g/mol. The van der Waals surface area contributed by atoms with Gasteiger partial charge in [0.05, 0.1) is 27.2 Å². The van der Waals surface area contributed by atoms with E-state index in [0.717, 1.165) is 9.87 Å². The zero-order valence-corrected chi connectivity index (χ0v) is 20.1. The van der Waals surface area contributed by atoms with Crippen LogP contribution < -0.4 is 9.62 Å². The molecule has 1 unspecified atom stereocenters. The third-order valence-electron chi connectivity index (χ3n) is 5.04. The number of likely N-dealkylation sites (N-methyl/N-ethyl adjacent to an activating group) is 1. The average molecular weight is 496 g/mol. The Morgan fingerprint density at radius 2 is 1.81 bits per heavy atom. The second-order valence-corrected chi connectivity index (χ2v) is 10.5.